The molecule has 0 aliphatic rings. The fraction of sp³-hybridized carbons (Fsp3) is 0.571. The Morgan fingerprint density at radius 1 is 0.151 bits per heavy atom. The van der Waals surface area contributed by atoms with Crippen LogP contribution >= 0.6 is 15.8 Å². The highest BCUT2D eigenvalue weighted by atomic mass is 31.1. The molecule has 6 aromatic rings. The fourth-order valence-electron chi connectivity index (χ4n) is 13.3. The molecule has 6 rings (SSSR count). The summed E-state index contributed by atoms with van der Waals surface area (Å²) in [6.07, 6.45) is 0. The first-order valence-corrected chi connectivity index (χ1v) is 37.3. The third kappa shape index (κ3) is 14.8. The highest BCUT2D eigenvalue weighted by molar-refractivity contribution is 7.81. The molecule has 0 amide bonds. The van der Waals surface area contributed by atoms with Crippen LogP contribution in [0.5, 0.6) is 0 Å². The molecule has 0 radical (unpaired) electrons. The Balaban J connectivity index is 1.93. The number of hydrogen-bond donors (Lipinski definition) is 0. The maximum Gasteiger partial charge on any atom is -0.00810 e. The highest BCUT2D eigenvalue weighted by Crippen LogP contribution is 2.52. The van der Waals surface area contributed by atoms with E-state index in [0.29, 0.717) is 94.7 Å². The minimum Gasteiger partial charge on any atom is -0.0587 e. The van der Waals surface area contributed by atoms with Crippen LogP contribution in [0, 0.1) is 0 Å². The lowest BCUT2D eigenvalue weighted by molar-refractivity contribution is 0.810. The molecule has 0 N–H and O–H groups in total. The second-order valence-corrected chi connectivity index (χ2v) is 35.4. The molecule has 0 nitrogen and oxygen atoms in total. The van der Waals surface area contributed by atoms with Crippen molar-refractivity contribution in [2.24, 2.45) is 0 Å². The van der Waals surface area contributed by atoms with Crippen LogP contribution in [0.3, 0.4) is 0 Å². The molecule has 2 heteroatoms. The molecule has 0 spiro atoms. The first-order valence-electron chi connectivity index (χ1n) is 34.6. The molecule has 0 aliphatic heterocycles. The average molecular weight is 1200 g/mol. The van der Waals surface area contributed by atoms with Gasteiger partial charge < -0.3 is 0 Å². The Morgan fingerprint density at radius 3 is 0.349 bits per heavy atom. The van der Waals surface area contributed by atoms with Crippen LogP contribution in [-0.4, -0.2) is 0 Å². The molecule has 0 aliphatic carbocycles. The van der Waals surface area contributed by atoms with Gasteiger partial charge in [0, 0.05) is 0 Å². The lowest BCUT2D eigenvalue weighted by Gasteiger charge is -2.38. The Kier molecular flexibility index (Phi) is 24.0. The molecule has 470 valence electrons. The molecule has 0 bridgehead atoms. The summed E-state index contributed by atoms with van der Waals surface area (Å²) in [7, 11) is -2.11. The SMILES string of the molecule is CC(C)c1cc(C(C)C)c(P(c2c(C(C)C)cc(-c3cc(C(C)C)c(P(c4c(C(C)C)cc(C(C)C)cc4C(C)C)c4c(C(C)C)cc(C(C)C)cc4C(C)C)c(C(C)C)c3)cc2C(C)C)c2c(C(C)C)cc(C(C)C)cc2C(C)C)c(C(C)C)c1. The van der Waals surface area contributed by atoms with Gasteiger partial charge in [0.05, 0.1) is 0 Å². The Bertz CT molecular complexity index is 2750. The van der Waals surface area contributed by atoms with Crippen molar-refractivity contribution in [1.29, 1.82) is 0 Å². The van der Waals surface area contributed by atoms with E-state index in [1.807, 2.05) is 0 Å². The summed E-state index contributed by atoms with van der Waals surface area (Å²) in [6, 6.07) is 32.1. The zero-order valence-corrected chi connectivity index (χ0v) is 62.8. The van der Waals surface area contributed by atoms with Crippen molar-refractivity contribution in [1.82, 2.24) is 0 Å². The van der Waals surface area contributed by atoms with Gasteiger partial charge in [0.2, 0.25) is 0 Å². The van der Waals surface area contributed by atoms with Gasteiger partial charge in [0.25, 0.3) is 0 Å². The van der Waals surface area contributed by atoms with Crippen molar-refractivity contribution >= 4 is 47.7 Å². The van der Waals surface area contributed by atoms with Crippen molar-refractivity contribution < 1.29 is 0 Å². The lowest BCUT2D eigenvalue weighted by atomic mass is 9.87. The summed E-state index contributed by atoms with van der Waals surface area (Å²) in [5.74, 6) is 5.89. The number of hydrogen-bond acceptors (Lipinski definition) is 0. The third-order valence-corrected chi connectivity index (χ3v) is 24.7. The second-order valence-electron chi connectivity index (χ2n) is 31.3. The maximum absolute atomic E-state index is 2.73. The summed E-state index contributed by atoms with van der Waals surface area (Å²) in [5.41, 5.74) is 27.1. The van der Waals surface area contributed by atoms with Gasteiger partial charge in [-0.1, -0.05) is 294 Å². The van der Waals surface area contributed by atoms with Crippen molar-refractivity contribution in [3.63, 3.8) is 0 Å². The minimum absolute atomic E-state index is 0.295. The van der Waals surface area contributed by atoms with E-state index >= 15 is 0 Å². The Hall–Kier alpha value is -3.82. The van der Waals surface area contributed by atoms with Gasteiger partial charge in [0.1, 0.15) is 0 Å². The zero-order valence-electron chi connectivity index (χ0n) is 61.1. The van der Waals surface area contributed by atoms with Crippen LogP contribution < -0.4 is 31.8 Å². The van der Waals surface area contributed by atoms with Gasteiger partial charge in [-0.3, -0.25) is 0 Å². The van der Waals surface area contributed by atoms with E-state index in [1.54, 1.807) is 76.3 Å². The van der Waals surface area contributed by atoms with E-state index in [-0.39, 0.29) is 0 Å². The molecule has 0 atom stereocenters. The fourth-order valence-corrected chi connectivity index (χ4v) is 21.7. The lowest BCUT2D eigenvalue weighted by Crippen LogP contribution is -2.35. The van der Waals surface area contributed by atoms with E-state index in [0.717, 1.165) is 0 Å². The van der Waals surface area contributed by atoms with Crippen LogP contribution in [0.25, 0.3) is 11.1 Å². The normalized spacial score (nSPS) is 12.9. The topological polar surface area (TPSA) is 0 Å². The Morgan fingerprint density at radius 2 is 0.256 bits per heavy atom. The predicted molar refractivity (Wildman–Crippen MR) is 395 cm³/mol. The molecular weight excluding hydrogens is 1070 g/mol. The van der Waals surface area contributed by atoms with E-state index in [9.17, 15) is 0 Å². The van der Waals surface area contributed by atoms with Gasteiger partial charge in [0.15, 0.2) is 0 Å². The molecule has 86 heavy (non-hydrogen) atoms. The smallest absolute Gasteiger partial charge is 0.00810 e. The first-order chi connectivity index (χ1) is 39.9. The quantitative estimate of drug-likeness (QED) is 0.0561. The molecule has 0 saturated carbocycles. The number of rotatable bonds is 23. The van der Waals surface area contributed by atoms with Crippen molar-refractivity contribution in [3.8, 4) is 11.1 Å². The van der Waals surface area contributed by atoms with Crippen LogP contribution in [0.1, 0.15) is 405 Å². The third-order valence-electron chi connectivity index (χ3n) is 18.9. The van der Waals surface area contributed by atoms with Gasteiger partial charge >= 0.3 is 0 Å². The zero-order chi connectivity index (χ0) is 64.7. The monoisotopic (exact) mass is 1190 g/mol. The van der Waals surface area contributed by atoms with E-state index in [1.165, 1.54) is 55.6 Å². The largest absolute Gasteiger partial charge is 0.0587 e. The second kappa shape index (κ2) is 29.0. The van der Waals surface area contributed by atoms with Gasteiger partial charge in [-0.05, 0) is 242 Å². The van der Waals surface area contributed by atoms with Crippen molar-refractivity contribution in [2.75, 3.05) is 0 Å². The molecule has 0 unspecified atom stereocenters. The highest BCUT2D eigenvalue weighted by Gasteiger charge is 2.38. The van der Waals surface area contributed by atoms with E-state index < -0.39 is 15.8 Å². The van der Waals surface area contributed by atoms with Crippen molar-refractivity contribution in [2.45, 2.75) is 316 Å². The van der Waals surface area contributed by atoms with Gasteiger partial charge in [-0.15, -0.1) is 0 Å². The van der Waals surface area contributed by atoms with Crippen LogP contribution in [0.4, 0.5) is 0 Å². The van der Waals surface area contributed by atoms with Crippen LogP contribution in [0.15, 0.2) is 72.8 Å². The Labute approximate surface area is 533 Å². The van der Waals surface area contributed by atoms with Gasteiger partial charge in [-0.25, -0.2) is 0 Å². The first kappa shape index (κ1) is 71.3. The molecule has 0 aromatic heterocycles. The van der Waals surface area contributed by atoms with Crippen LogP contribution in [0.2, 0.25) is 0 Å². The van der Waals surface area contributed by atoms with E-state index in [2.05, 4.69) is 294 Å². The molecule has 0 heterocycles. The minimum atomic E-state index is -1.05. The average Bonchev–Trinajstić information content (AvgIpc) is 3.41. The summed E-state index contributed by atoms with van der Waals surface area (Å²) in [5, 5.41) is 9.73. The molecule has 6 aromatic carbocycles. The maximum atomic E-state index is 2.73. The summed E-state index contributed by atoms with van der Waals surface area (Å²) >= 11 is 0. The predicted octanol–water partition coefficient (Wildman–Crippen LogP) is 24.8. The number of benzene rings is 6. The van der Waals surface area contributed by atoms with Gasteiger partial charge in [-0.2, -0.15) is 0 Å². The van der Waals surface area contributed by atoms with Crippen LogP contribution in [-0.2, 0) is 0 Å². The van der Waals surface area contributed by atoms with E-state index in [4.69, 9.17) is 0 Å². The van der Waals surface area contributed by atoms with Crippen molar-refractivity contribution in [3.05, 3.63) is 162 Å². The standard InChI is InChI=1S/C84H124P2/c1-45(2)61-33-67(49(9)10)79(68(34-61)50(11)12)85(80-69(51(13)14)35-62(46(3)4)36-70(80)52(15)16)83-75(57(25)26)41-65(42-76(83)58(27)28)66-43-77(59(29)30)84(78(44-66)60(31)32)86(81-71(53(17)18)37-63(47(5)6)38-72(81)54(19)20)82-73(55(21)22)39-64(48(7)8)40-74(82)56(23)24/h33-60H,1-32H3. The summed E-state index contributed by atoms with van der Waals surface area (Å²) in [6.45, 7) is 78.8. The molecule has 0 saturated heterocycles. The summed E-state index contributed by atoms with van der Waals surface area (Å²) < 4.78 is 0. The molecule has 0 fully saturated rings. The molecular formula is C84H124P2. The summed E-state index contributed by atoms with van der Waals surface area (Å²) in [4.78, 5) is 0.